The molecule has 2 rings (SSSR count). The summed E-state index contributed by atoms with van der Waals surface area (Å²) in [6, 6.07) is 6.64. The third kappa shape index (κ3) is 3.80. The van der Waals surface area contributed by atoms with E-state index in [2.05, 4.69) is 17.0 Å². The highest BCUT2D eigenvalue weighted by Crippen LogP contribution is 2.29. The highest BCUT2D eigenvalue weighted by molar-refractivity contribution is 6.18. The number of methoxy groups -OCH3 is 2. The lowest BCUT2D eigenvalue weighted by Crippen LogP contribution is -2.35. The summed E-state index contributed by atoms with van der Waals surface area (Å²) in [6.07, 6.45) is 5.08. The summed E-state index contributed by atoms with van der Waals surface area (Å²) in [5, 5.41) is 0. The Morgan fingerprint density at radius 2 is 1.95 bits per heavy atom. The summed E-state index contributed by atoms with van der Waals surface area (Å²) in [6.45, 7) is 2.06. The Bertz CT molecular complexity index is 425. The summed E-state index contributed by atoms with van der Waals surface area (Å²) in [5.74, 6) is 2.29. The van der Waals surface area contributed by atoms with Crippen LogP contribution in [0.1, 0.15) is 31.2 Å². The topological polar surface area (TPSA) is 21.7 Å². The molecule has 0 radical (unpaired) electrons. The van der Waals surface area contributed by atoms with Crippen LogP contribution in [0, 0.1) is 0 Å². The molecule has 1 fully saturated rings. The number of nitrogens with zero attached hydrogens (tertiary/aromatic N) is 1. The van der Waals surface area contributed by atoms with Gasteiger partial charge in [0.1, 0.15) is 0 Å². The van der Waals surface area contributed by atoms with Gasteiger partial charge < -0.3 is 9.47 Å². The number of likely N-dealkylation sites (tertiary alicyclic amines) is 1. The van der Waals surface area contributed by atoms with Crippen molar-refractivity contribution in [3.8, 4) is 11.5 Å². The highest BCUT2D eigenvalue weighted by atomic mass is 35.5. The normalized spacial score (nSPS) is 20.4. The van der Waals surface area contributed by atoms with E-state index in [4.69, 9.17) is 21.1 Å². The van der Waals surface area contributed by atoms with Crippen LogP contribution in [0.4, 0.5) is 0 Å². The molecular weight excluding hydrogens is 274 g/mol. The predicted molar refractivity (Wildman–Crippen MR) is 82.9 cm³/mol. The van der Waals surface area contributed by atoms with Gasteiger partial charge in [-0.05, 0) is 37.1 Å². The molecule has 0 aromatic heterocycles. The number of ether oxygens (including phenoxy) is 2. The van der Waals surface area contributed by atoms with Crippen molar-refractivity contribution in [3.05, 3.63) is 23.8 Å². The monoisotopic (exact) mass is 297 g/mol. The van der Waals surface area contributed by atoms with Gasteiger partial charge in [0.2, 0.25) is 0 Å². The molecule has 0 saturated carbocycles. The number of rotatable bonds is 5. The molecule has 1 aliphatic heterocycles. The second kappa shape index (κ2) is 7.75. The van der Waals surface area contributed by atoms with E-state index in [9.17, 15) is 0 Å². The van der Waals surface area contributed by atoms with Crippen LogP contribution in [0.15, 0.2) is 18.2 Å². The quantitative estimate of drug-likeness (QED) is 0.774. The first-order valence-electron chi connectivity index (χ1n) is 7.29. The molecule has 4 heteroatoms. The zero-order valence-corrected chi connectivity index (χ0v) is 13.2. The fourth-order valence-electron chi connectivity index (χ4n) is 2.83. The van der Waals surface area contributed by atoms with Crippen molar-refractivity contribution in [3.63, 3.8) is 0 Å². The van der Waals surface area contributed by atoms with Crippen molar-refractivity contribution >= 4 is 11.6 Å². The summed E-state index contributed by atoms with van der Waals surface area (Å²) < 4.78 is 10.7. The van der Waals surface area contributed by atoms with Gasteiger partial charge in [-0.2, -0.15) is 0 Å². The van der Waals surface area contributed by atoms with E-state index in [0.717, 1.165) is 24.6 Å². The smallest absolute Gasteiger partial charge is 0.161 e. The molecule has 112 valence electrons. The number of benzene rings is 1. The second-order valence-electron chi connectivity index (χ2n) is 5.32. The van der Waals surface area contributed by atoms with E-state index < -0.39 is 0 Å². The van der Waals surface area contributed by atoms with E-state index in [0.29, 0.717) is 11.9 Å². The average Bonchev–Trinajstić information content (AvgIpc) is 2.72. The number of hydrogen-bond donors (Lipinski definition) is 0. The maximum absolute atomic E-state index is 6.13. The van der Waals surface area contributed by atoms with Crippen LogP contribution in [0.25, 0.3) is 0 Å². The van der Waals surface area contributed by atoms with Crippen LogP contribution < -0.4 is 9.47 Å². The minimum absolute atomic E-state index is 0.493. The maximum Gasteiger partial charge on any atom is 0.161 e. The van der Waals surface area contributed by atoms with Crippen LogP contribution in [0.5, 0.6) is 11.5 Å². The van der Waals surface area contributed by atoms with E-state index in [1.807, 2.05) is 6.07 Å². The lowest BCUT2D eigenvalue weighted by atomic mass is 10.1. The first-order chi connectivity index (χ1) is 9.78. The van der Waals surface area contributed by atoms with Gasteiger partial charge in [-0.25, -0.2) is 0 Å². The molecule has 20 heavy (non-hydrogen) atoms. The predicted octanol–water partition coefficient (Wildman–Crippen LogP) is 3.69. The molecule has 0 aliphatic carbocycles. The summed E-state index contributed by atoms with van der Waals surface area (Å²) in [7, 11) is 3.34. The maximum atomic E-state index is 6.13. The van der Waals surface area contributed by atoms with Gasteiger partial charge in [0.15, 0.2) is 11.5 Å². The summed E-state index contributed by atoms with van der Waals surface area (Å²) in [4.78, 5) is 2.50. The molecule has 1 aromatic rings. The Morgan fingerprint density at radius 1 is 1.15 bits per heavy atom. The minimum atomic E-state index is 0.493. The lowest BCUT2D eigenvalue weighted by molar-refractivity contribution is 0.207. The molecule has 1 heterocycles. The van der Waals surface area contributed by atoms with Crippen LogP contribution in [-0.4, -0.2) is 37.6 Å². The van der Waals surface area contributed by atoms with Gasteiger partial charge in [0.05, 0.1) is 14.2 Å². The van der Waals surface area contributed by atoms with Crippen LogP contribution in [0.2, 0.25) is 0 Å². The fraction of sp³-hybridized carbons (Fsp3) is 0.625. The zero-order chi connectivity index (χ0) is 14.4. The van der Waals surface area contributed by atoms with Crippen LogP contribution >= 0.6 is 11.6 Å². The minimum Gasteiger partial charge on any atom is -0.493 e. The molecule has 0 N–H and O–H groups in total. The largest absolute Gasteiger partial charge is 0.493 e. The molecular formula is C16H24ClNO2. The third-order valence-corrected chi connectivity index (χ3v) is 4.37. The number of alkyl halides is 1. The van der Waals surface area contributed by atoms with Crippen LogP contribution in [-0.2, 0) is 6.54 Å². The van der Waals surface area contributed by atoms with E-state index >= 15 is 0 Å². The van der Waals surface area contributed by atoms with Gasteiger partial charge in [0, 0.05) is 18.5 Å². The molecule has 1 saturated heterocycles. The Morgan fingerprint density at radius 3 is 2.65 bits per heavy atom. The molecule has 0 amide bonds. The van der Waals surface area contributed by atoms with Crippen molar-refractivity contribution in [2.24, 2.45) is 0 Å². The van der Waals surface area contributed by atoms with E-state index in [1.54, 1.807) is 14.2 Å². The number of halogens is 1. The Labute approximate surface area is 126 Å². The Hall–Kier alpha value is -0.930. The Kier molecular flexibility index (Phi) is 5.99. The first kappa shape index (κ1) is 15.5. The summed E-state index contributed by atoms with van der Waals surface area (Å²) >= 11 is 6.13. The Balaban J connectivity index is 2.11. The molecule has 3 nitrogen and oxygen atoms in total. The third-order valence-electron chi connectivity index (χ3n) is 4.01. The van der Waals surface area contributed by atoms with Gasteiger partial charge >= 0.3 is 0 Å². The lowest BCUT2D eigenvalue weighted by Gasteiger charge is -2.28. The zero-order valence-electron chi connectivity index (χ0n) is 12.4. The fourth-order valence-corrected chi connectivity index (χ4v) is 3.18. The van der Waals surface area contributed by atoms with Gasteiger partial charge in [-0.1, -0.05) is 18.9 Å². The first-order valence-corrected chi connectivity index (χ1v) is 7.83. The van der Waals surface area contributed by atoms with Crippen molar-refractivity contribution in [2.45, 2.75) is 38.3 Å². The van der Waals surface area contributed by atoms with E-state index in [-0.39, 0.29) is 0 Å². The van der Waals surface area contributed by atoms with Crippen molar-refractivity contribution in [1.29, 1.82) is 0 Å². The SMILES string of the molecule is COc1ccc(CN2CCCCCC2CCl)cc1OC. The average molecular weight is 298 g/mol. The standard InChI is InChI=1S/C16H24ClNO2/c1-19-15-8-7-13(10-16(15)20-2)12-18-9-5-3-4-6-14(18)11-17/h7-8,10,14H,3-6,9,11-12H2,1-2H3. The number of hydrogen-bond acceptors (Lipinski definition) is 3. The van der Waals surface area contributed by atoms with Crippen LogP contribution in [0.3, 0.4) is 0 Å². The molecule has 1 unspecified atom stereocenters. The molecule has 0 spiro atoms. The van der Waals surface area contributed by atoms with Crippen molar-refractivity contribution in [2.75, 3.05) is 26.6 Å². The van der Waals surface area contributed by atoms with Crippen molar-refractivity contribution in [1.82, 2.24) is 4.90 Å². The van der Waals surface area contributed by atoms with Gasteiger partial charge in [-0.3, -0.25) is 4.90 Å². The van der Waals surface area contributed by atoms with Gasteiger partial charge in [0.25, 0.3) is 0 Å². The molecule has 1 aromatic carbocycles. The molecule has 1 aliphatic rings. The van der Waals surface area contributed by atoms with E-state index in [1.165, 1.54) is 31.2 Å². The van der Waals surface area contributed by atoms with Gasteiger partial charge in [-0.15, -0.1) is 11.6 Å². The molecule has 0 bridgehead atoms. The summed E-state index contributed by atoms with van der Waals surface area (Å²) in [5.41, 5.74) is 1.25. The molecule has 1 atom stereocenters. The second-order valence-corrected chi connectivity index (χ2v) is 5.63. The highest BCUT2D eigenvalue weighted by Gasteiger charge is 2.20. The van der Waals surface area contributed by atoms with Crippen molar-refractivity contribution < 1.29 is 9.47 Å².